The fourth-order valence-corrected chi connectivity index (χ4v) is 16.8. The molecule has 4 aromatic carbocycles. The summed E-state index contributed by atoms with van der Waals surface area (Å²) in [4.78, 5) is 128. The molecule has 0 aliphatic carbocycles. The van der Waals surface area contributed by atoms with Crippen LogP contribution in [0.1, 0.15) is 89.9 Å². The molecule has 5 heterocycles. The van der Waals surface area contributed by atoms with Gasteiger partial charge < -0.3 is 67.4 Å². The van der Waals surface area contributed by atoms with Gasteiger partial charge in [-0.1, -0.05) is 118 Å². The zero-order valence-electron chi connectivity index (χ0n) is 50.4. The van der Waals surface area contributed by atoms with Crippen molar-refractivity contribution in [2.45, 2.75) is 145 Å². The molecular formula is C64H71N3O22Si. The number of nitrogens with zero attached hydrogens (tertiary/aromatic N) is 2. The summed E-state index contributed by atoms with van der Waals surface area (Å²) in [6.07, 6.45) is -21.2. The monoisotopic (exact) mass is 1260 g/mol. The number of amides is 5. The molecule has 0 spiro atoms. The first-order valence-electron chi connectivity index (χ1n) is 29.0. The molecule has 0 bridgehead atoms. The first-order valence-corrected chi connectivity index (χ1v) is 30.9. The maximum atomic E-state index is 15.2. The van der Waals surface area contributed by atoms with Crippen molar-refractivity contribution in [1.82, 2.24) is 9.80 Å². The second-order valence-electron chi connectivity index (χ2n) is 22.8. The molecule has 3 N–H and O–H groups in total. The minimum atomic E-state index is -3.73. The van der Waals surface area contributed by atoms with E-state index in [-0.39, 0.29) is 35.5 Å². The molecule has 478 valence electrons. The Bertz CT molecular complexity index is 3270. The van der Waals surface area contributed by atoms with Crippen molar-refractivity contribution < 1.29 is 105 Å². The summed E-state index contributed by atoms with van der Waals surface area (Å²) in [7, 11) is -3.73. The molecule has 3 saturated heterocycles. The standard InChI is InChI=1S/C64H71N3O22Si/c1-10-30-78-55(56(65)73)53-48(72)54(63(88-53)79-31-11-2)89-62-47(67-59(76)42-28-20-21-29-43(42)60(67)77)52(84-37(6)71)50(45(86-62)33-81-90(64(7,8)9,38-22-14-12-15-23-38)39-24-16-13-17-25-39)87-61-46(66-57(74)40-26-18-19-27-41(40)58(66)75)51(83-36(5)70)49(82-35(4)69)44(85-61)32-80-34(3)68/h10-29,44-55,61-63,72H,1-2,30-33H2,3-9H3,(H2,65,73)/t44-,45-,46-,47-,48+,49-,50-,51-,52-,53?,54-,55+,61+,62+,63+/m1/s1. The van der Waals surface area contributed by atoms with Gasteiger partial charge in [0.05, 0.1) is 42.1 Å². The first kappa shape index (κ1) is 66.3. The molecule has 0 aromatic heterocycles. The average molecular weight is 1260 g/mol. The van der Waals surface area contributed by atoms with Crippen LogP contribution in [-0.2, 0) is 80.5 Å². The summed E-state index contributed by atoms with van der Waals surface area (Å²) in [5, 5.41) is 13.2. The summed E-state index contributed by atoms with van der Waals surface area (Å²) in [6.45, 7) is 15.7. The Morgan fingerprint density at radius 3 is 1.39 bits per heavy atom. The number of ether oxygens (including phenoxy) is 11. The Labute approximate surface area is 519 Å². The van der Waals surface area contributed by atoms with Gasteiger partial charge in [0.1, 0.15) is 55.3 Å². The molecule has 15 atom stereocenters. The number of aliphatic hydroxyl groups is 1. The van der Waals surface area contributed by atoms with E-state index in [9.17, 15) is 38.7 Å². The third kappa shape index (κ3) is 13.2. The Morgan fingerprint density at radius 2 is 0.978 bits per heavy atom. The molecule has 0 radical (unpaired) electrons. The van der Waals surface area contributed by atoms with E-state index in [2.05, 4.69) is 13.2 Å². The van der Waals surface area contributed by atoms with E-state index in [4.69, 9.17) is 62.3 Å². The molecule has 26 heteroatoms. The van der Waals surface area contributed by atoms with E-state index in [0.29, 0.717) is 4.90 Å². The number of aliphatic hydroxyl groups excluding tert-OH is 1. The maximum Gasteiger partial charge on any atom is 0.303 e. The van der Waals surface area contributed by atoms with Crippen LogP contribution in [0.25, 0.3) is 0 Å². The molecule has 90 heavy (non-hydrogen) atoms. The number of benzene rings is 4. The van der Waals surface area contributed by atoms with Crippen molar-refractivity contribution >= 4 is 72.1 Å². The molecule has 0 saturated carbocycles. The van der Waals surface area contributed by atoms with Gasteiger partial charge in [0.25, 0.3) is 31.9 Å². The second-order valence-corrected chi connectivity index (χ2v) is 27.2. The van der Waals surface area contributed by atoms with Crippen molar-refractivity contribution in [3.8, 4) is 0 Å². The molecule has 5 amide bonds. The Hall–Kier alpha value is -8.15. The summed E-state index contributed by atoms with van der Waals surface area (Å²) in [6, 6.07) is 26.3. The third-order valence-electron chi connectivity index (χ3n) is 15.9. The van der Waals surface area contributed by atoms with Crippen LogP contribution in [0, 0.1) is 0 Å². The van der Waals surface area contributed by atoms with Crippen LogP contribution < -0.4 is 16.1 Å². The van der Waals surface area contributed by atoms with Crippen molar-refractivity contribution in [3.63, 3.8) is 0 Å². The van der Waals surface area contributed by atoms with Crippen LogP contribution >= 0.6 is 0 Å². The quantitative estimate of drug-likeness (QED) is 0.0335. The zero-order valence-corrected chi connectivity index (χ0v) is 51.4. The van der Waals surface area contributed by atoms with Crippen molar-refractivity contribution in [2.24, 2.45) is 5.73 Å². The van der Waals surface area contributed by atoms with E-state index in [1.54, 1.807) is 0 Å². The van der Waals surface area contributed by atoms with Gasteiger partial charge in [-0.05, 0) is 39.7 Å². The van der Waals surface area contributed by atoms with Gasteiger partial charge in [0.15, 0.2) is 43.3 Å². The summed E-state index contributed by atoms with van der Waals surface area (Å²) in [5.74, 6) is -8.75. The maximum absolute atomic E-state index is 15.2. The highest BCUT2D eigenvalue weighted by Gasteiger charge is 2.64. The minimum absolute atomic E-state index is 0.0972. The summed E-state index contributed by atoms with van der Waals surface area (Å²) >= 11 is 0. The lowest BCUT2D eigenvalue weighted by Crippen LogP contribution is -2.72. The third-order valence-corrected chi connectivity index (χ3v) is 20.9. The highest BCUT2D eigenvalue weighted by atomic mass is 28.4. The van der Waals surface area contributed by atoms with E-state index in [1.165, 1.54) is 60.7 Å². The normalized spacial score (nSPS) is 27.7. The fraction of sp³-hybridized carbons (Fsp3) is 0.422. The average Bonchev–Trinajstić information content (AvgIpc) is 1.29. The van der Waals surface area contributed by atoms with Crippen molar-refractivity contribution in [1.29, 1.82) is 0 Å². The number of hydrogen-bond acceptors (Lipinski definition) is 22. The first-order chi connectivity index (χ1) is 42.9. The molecular weight excluding hydrogens is 1190 g/mol. The van der Waals surface area contributed by atoms with Crippen molar-refractivity contribution in [2.75, 3.05) is 26.4 Å². The molecule has 5 aliphatic heterocycles. The lowest BCUT2D eigenvalue weighted by atomic mass is 9.92. The molecule has 4 aromatic rings. The number of carbonyl (C=O) groups excluding carboxylic acids is 9. The molecule has 9 rings (SSSR count). The largest absolute Gasteiger partial charge is 0.463 e. The fourth-order valence-electron chi connectivity index (χ4n) is 12.3. The number of rotatable bonds is 24. The van der Waals surface area contributed by atoms with Gasteiger partial charge in [-0.15, -0.1) is 13.2 Å². The molecule has 5 aliphatic rings. The van der Waals surface area contributed by atoms with Crippen LogP contribution in [0.2, 0.25) is 5.04 Å². The number of hydrogen-bond donors (Lipinski definition) is 2. The Balaban J connectivity index is 1.29. The number of fused-ring (bicyclic) bond motifs is 2. The predicted octanol–water partition coefficient (Wildman–Crippen LogP) is 2.82. The van der Waals surface area contributed by atoms with Crippen LogP contribution in [0.3, 0.4) is 0 Å². The van der Waals surface area contributed by atoms with Crippen LogP contribution in [0.4, 0.5) is 0 Å². The summed E-state index contributed by atoms with van der Waals surface area (Å²) < 4.78 is 77.0. The van der Waals surface area contributed by atoms with E-state index in [1.807, 2.05) is 81.4 Å². The minimum Gasteiger partial charge on any atom is -0.463 e. The van der Waals surface area contributed by atoms with Gasteiger partial charge in [0, 0.05) is 27.7 Å². The van der Waals surface area contributed by atoms with Gasteiger partial charge in [0.2, 0.25) is 5.91 Å². The van der Waals surface area contributed by atoms with Gasteiger partial charge in [-0.2, -0.15) is 0 Å². The molecule has 1 unspecified atom stereocenters. The summed E-state index contributed by atoms with van der Waals surface area (Å²) in [5.41, 5.74) is 5.43. The Kier molecular flexibility index (Phi) is 20.6. The number of carbonyl (C=O) groups is 9. The van der Waals surface area contributed by atoms with Gasteiger partial charge in [-0.3, -0.25) is 53.0 Å². The highest BCUT2D eigenvalue weighted by molar-refractivity contribution is 6.99. The molecule has 3 fully saturated rings. The lowest BCUT2D eigenvalue weighted by Gasteiger charge is -2.52. The zero-order chi connectivity index (χ0) is 64.9. The van der Waals surface area contributed by atoms with E-state index in [0.717, 1.165) is 43.0 Å². The van der Waals surface area contributed by atoms with Crippen LogP contribution in [-0.4, -0.2) is 195 Å². The number of imide groups is 2. The lowest BCUT2D eigenvalue weighted by molar-refractivity contribution is -0.350. The predicted molar refractivity (Wildman–Crippen MR) is 315 cm³/mol. The second kappa shape index (κ2) is 27.9. The Morgan fingerprint density at radius 1 is 0.567 bits per heavy atom. The topological polar surface area (TPSA) is 317 Å². The van der Waals surface area contributed by atoms with Crippen LogP contribution in [0.5, 0.6) is 0 Å². The van der Waals surface area contributed by atoms with Gasteiger partial charge in [-0.25, -0.2) is 0 Å². The molecule has 25 nitrogen and oxygen atoms in total. The SMILES string of the molecule is C=CCO[C@H]1OC([C@H](OCC=C)C(N)=O)[C@H](O)[C@H]1O[C@@H]1O[C@H](CO[Si](c2ccccc2)(c2ccccc2)C(C)(C)C)[C@@H](O[C@@H]2O[C@H](COC(C)=O)[C@@H](OC(C)=O)[C@H](OC(C)=O)[C@H]2N2C(=O)c3ccccc3C2=O)[C@H](OC(C)=O)[C@H]1N1C(=O)c2ccccc2C1=O. The smallest absolute Gasteiger partial charge is 0.303 e. The number of nitrogens with two attached hydrogens (primary N) is 1. The number of primary amides is 1. The highest BCUT2D eigenvalue weighted by Crippen LogP contribution is 2.44. The van der Waals surface area contributed by atoms with E-state index >= 15 is 9.59 Å². The van der Waals surface area contributed by atoms with Gasteiger partial charge >= 0.3 is 23.9 Å². The van der Waals surface area contributed by atoms with Crippen molar-refractivity contribution in [3.05, 3.63) is 157 Å². The van der Waals surface area contributed by atoms with E-state index < -0.39 is 172 Å². The van der Waals surface area contributed by atoms with Crippen LogP contribution in [0.15, 0.2) is 135 Å². The number of esters is 4.